The molecule has 0 radical (unpaired) electrons. The van der Waals surface area contributed by atoms with Crippen molar-refractivity contribution in [3.63, 3.8) is 0 Å². The number of fused-ring (bicyclic) bond motifs is 2. The normalized spacial score (nSPS) is 31.8. The van der Waals surface area contributed by atoms with Gasteiger partial charge < -0.3 is 9.84 Å². The molecule has 7 heteroatoms. The summed E-state index contributed by atoms with van der Waals surface area (Å²) in [5, 5.41) is 13.6. The molecule has 2 saturated heterocycles. The van der Waals surface area contributed by atoms with Crippen LogP contribution in [0.2, 0.25) is 0 Å². The lowest BCUT2D eigenvalue weighted by molar-refractivity contribution is -0.144. The van der Waals surface area contributed by atoms with Crippen molar-refractivity contribution < 1.29 is 19.4 Å². The van der Waals surface area contributed by atoms with E-state index in [0.29, 0.717) is 17.8 Å². The van der Waals surface area contributed by atoms with Crippen LogP contribution in [0.4, 0.5) is 0 Å². The van der Waals surface area contributed by atoms with Crippen molar-refractivity contribution in [3.8, 4) is 0 Å². The maximum Gasteiger partial charge on any atom is 0.310 e. The van der Waals surface area contributed by atoms with Crippen molar-refractivity contribution in [3.05, 3.63) is 15.9 Å². The van der Waals surface area contributed by atoms with E-state index in [2.05, 4.69) is 21.0 Å². The highest BCUT2D eigenvalue weighted by molar-refractivity contribution is 9.10. The SMILES string of the molecule is Cc1nn(C(=O)[C@@H]2[C@@H](C(=O)O)[C@@H]3CC[C@@H]2O3)c(C)c1Br. The number of halogens is 1. The maximum absolute atomic E-state index is 12.7. The van der Waals surface area contributed by atoms with Crippen LogP contribution in [0.15, 0.2) is 4.47 Å². The van der Waals surface area contributed by atoms with E-state index < -0.39 is 17.8 Å². The number of ether oxygens (including phenoxy) is 1. The first-order valence-electron chi connectivity index (χ1n) is 6.56. The van der Waals surface area contributed by atoms with Gasteiger partial charge in [0.1, 0.15) is 0 Å². The fourth-order valence-electron chi connectivity index (χ4n) is 3.28. The van der Waals surface area contributed by atoms with Crippen molar-refractivity contribution in [2.75, 3.05) is 0 Å². The minimum Gasteiger partial charge on any atom is -0.481 e. The van der Waals surface area contributed by atoms with Crippen molar-refractivity contribution in [1.29, 1.82) is 0 Å². The highest BCUT2D eigenvalue weighted by Crippen LogP contribution is 2.44. The first-order chi connectivity index (χ1) is 9.41. The molecule has 0 saturated carbocycles. The highest BCUT2D eigenvalue weighted by atomic mass is 79.9. The number of rotatable bonds is 2. The van der Waals surface area contributed by atoms with E-state index >= 15 is 0 Å². The third kappa shape index (κ3) is 1.83. The lowest BCUT2D eigenvalue weighted by atomic mass is 9.79. The zero-order valence-corrected chi connectivity index (χ0v) is 12.8. The third-order valence-electron chi connectivity index (χ3n) is 4.26. The Bertz CT molecular complexity index is 597. The zero-order valence-electron chi connectivity index (χ0n) is 11.2. The first-order valence-corrected chi connectivity index (χ1v) is 7.35. The van der Waals surface area contributed by atoms with Gasteiger partial charge in [-0.3, -0.25) is 9.59 Å². The molecule has 0 aliphatic carbocycles. The van der Waals surface area contributed by atoms with Crippen LogP contribution in [0.3, 0.4) is 0 Å². The number of aryl methyl sites for hydroxylation is 1. The first kappa shape index (κ1) is 13.8. The predicted octanol–water partition coefficient (Wildman–Crippen LogP) is 1.78. The average Bonchev–Trinajstić information content (AvgIpc) is 3.07. The Balaban J connectivity index is 1.97. The molecular weight excluding hydrogens is 328 g/mol. The van der Waals surface area contributed by atoms with Crippen LogP contribution in [-0.2, 0) is 9.53 Å². The highest BCUT2D eigenvalue weighted by Gasteiger charge is 2.56. The average molecular weight is 343 g/mol. The molecule has 1 aromatic heterocycles. The Hall–Kier alpha value is -1.21. The van der Waals surface area contributed by atoms with E-state index in [9.17, 15) is 14.7 Å². The molecule has 108 valence electrons. The van der Waals surface area contributed by atoms with Gasteiger partial charge in [0.25, 0.3) is 5.91 Å². The number of carbonyl (C=O) groups excluding carboxylic acids is 1. The molecule has 2 bridgehead atoms. The summed E-state index contributed by atoms with van der Waals surface area (Å²) in [6.07, 6.45) is 0.820. The summed E-state index contributed by atoms with van der Waals surface area (Å²) in [5.41, 5.74) is 1.41. The smallest absolute Gasteiger partial charge is 0.310 e. The van der Waals surface area contributed by atoms with Gasteiger partial charge in [0.15, 0.2) is 0 Å². The molecule has 0 unspecified atom stereocenters. The number of hydrogen-bond acceptors (Lipinski definition) is 4. The lowest BCUT2D eigenvalue weighted by Gasteiger charge is -2.23. The summed E-state index contributed by atoms with van der Waals surface area (Å²) in [7, 11) is 0. The molecule has 0 amide bonds. The van der Waals surface area contributed by atoms with Gasteiger partial charge in [-0.1, -0.05) is 0 Å². The molecular formula is C13H15BrN2O4. The number of carboxylic acids is 1. The standard InChI is InChI=1S/C13H15BrN2O4/c1-5-11(14)6(2)16(15-5)12(17)9-7-3-4-8(20-7)10(9)13(18)19/h7-10H,3-4H2,1-2H3,(H,18,19)/t7-,8-,9-,10-/m0/s1. The van der Waals surface area contributed by atoms with Gasteiger partial charge in [0.05, 0.1) is 39.9 Å². The molecule has 3 heterocycles. The second-order valence-corrected chi connectivity index (χ2v) is 6.21. The van der Waals surface area contributed by atoms with Gasteiger partial charge in [0, 0.05) is 0 Å². The summed E-state index contributed by atoms with van der Waals surface area (Å²) in [6, 6.07) is 0. The molecule has 6 nitrogen and oxygen atoms in total. The number of aliphatic carboxylic acids is 1. The fraction of sp³-hybridized carbons (Fsp3) is 0.615. The molecule has 2 aliphatic heterocycles. The molecule has 0 spiro atoms. The summed E-state index contributed by atoms with van der Waals surface area (Å²) in [6.45, 7) is 3.58. The number of carboxylic acid groups (broad SMARTS) is 1. The Morgan fingerprint density at radius 2 is 1.90 bits per heavy atom. The van der Waals surface area contributed by atoms with Crippen molar-refractivity contribution >= 4 is 27.8 Å². The monoisotopic (exact) mass is 342 g/mol. The van der Waals surface area contributed by atoms with Crippen LogP contribution in [0.5, 0.6) is 0 Å². The predicted molar refractivity (Wildman–Crippen MR) is 72.5 cm³/mol. The summed E-state index contributed by atoms with van der Waals surface area (Å²) < 4.78 is 7.71. The molecule has 0 aromatic carbocycles. The maximum atomic E-state index is 12.7. The van der Waals surface area contributed by atoms with Crippen LogP contribution < -0.4 is 0 Å². The lowest BCUT2D eigenvalue weighted by Crippen LogP contribution is -2.41. The molecule has 2 aliphatic rings. The van der Waals surface area contributed by atoms with Crippen molar-refractivity contribution in [2.24, 2.45) is 11.8 Å². The van der Waals surface area contributed by atoms with Gasteiger partial charge >= 0.3 is 5.97 Å². The number of nitrogens with zero attached hydrogens (tertiary/aromatic N) is 2. The summed E-state index contributed by atoms with van der Waals surface area (Å²) in [5.74, 6) is -2.65. The Labute approximate surface area is 124 Å². The Kier molecular flexibility index (Phi) is 3.21. The van der Waals surface area contributed by atoms with Gasteiger partial charge in [0.2, 0.25) is 0 Å². The van der Waals surface area contributed by atoms with E-state index in [1.165, 1.54) is 4.68 Å². The second kappa shape index (κ2) is 4.66. The topological polar surface area (TPSA) is 81.4 Å². The summed E-state index contributed by atoms with van der Waals surface area (Å²) in [4.78, 5) is 24.1. The van der Waals surface area contributed by atoms with Crippen LogP contribution in [0.25, 0.3) is 0 Å². The van der Waals surface area contributed by atoms with Crippen LogP contribution in [0.1, 0.15) is 29.0 Å². The molecule has 1 N–H and O–H groups in total. The van der Waals surface area contributed by atoms with E-state index in [0.717, 1.165) is 10.9 Å². The van der Waals surface area contributed by atoms with E-state index in [4.69, 9.17) is 4.74 Å². The van der Waals surface area contributed by atoms with Gasteiger partial charge in [-0.2, -0.15) is 5.10 Å². The molecule has 3 rings (SSSR count). The summed E-state index contributed by atoms with van der Waals surface area (Å²) >= 11 is 3.38. The number of carbonyl (C=O) groups is 2. The Morgan fingerprint density at radius 3 is 2.40 bits per heavy atom. The second-order valence-electron chi connectivity index (χ2n) is 5.41. The van der Waals surface area contributed by atoms with Crippen LogP contribution >= 0.6 is 15.9 Å². The molecule has 2 fully saturated rings. The fourth-order valence-corrected chi connectivity index (χ4v) is 3.53. The van der Waals surface area contributed by atoms with E-state index in [1.807, 2.05) is 0 Å². The van der Waals surface area contributed by atoms with E-state index in [1.54, 1.807) is 13.8 Å². The number of aromatic nitrogens is 2. The minimum atomic E-state index is -0.962. The van der Waals surface area contributed by atoms with Gasteiger partial charge in [-0.05, 0) is 42.6 Å². The molecule has 20 heavy (non-hydrogen) atoms. The quantitative estimate of drug-likeness (QED) is 0.885. The largest absolute Gasteiger partial charge is 0.481 e. The van der Waals surface area contributed by atoms with Crippen LogP contribution in [-0.4, -0.2) is 39.0 Å². The molecule has 1 aromatic rings. The van der Waals surface area contributed by atoms with Crippen molar-refractivity contribution in [1.82, 2.24) is 9.78 Å². The zero-order chi connectivity index (χ0) is 14.6. The Morgan fingerprint density at radius 1 is 1.30 bits per heavy atom. The molecule has 4 atom stereocenters. The van der Waals surface area contributed by atoms with Crippen LogP contribution in [0, 0.1) is 25.7 Å². The van der Waals surface area contributed by atoms with E-state index in [-0.39, 0.29) is 18.1 Å². The van der Waals surface area contributed by atoms with Gasteiger partial charge in [-0.25, -0.2) is 4.68 Å². The minimum absolute atomic E-state index is 0.282. The number of hydrogen-bond donors (Lipinski definition) is 1. The van der Waals surface area contributed by atoms with Gasteiger partial charge in [-0.15, -0.1) is 0 Å². The van der Waals surface area contributed by atoms with Crippen molar-refractivity contribution in [2.45, 2.75) is 38.9 Å². The third-order valence-corrected chi connectivity index (χ3v) is 5.40.